The van der Waals surface area contributed by atoms with Gasteiger partial charge >= 0.3 is 0 Å². The molecule has 0 amide bonds. The topological polar surface area (TPSA) is 43.8 Å². The third kappa shape index (κ3) is 2.44. The standard InChI is InChI=1S/C14H19N3S/c1-9-5-6-13(10(2)7-9)18-14-12(8-15)11(3)16-17(14)4/h5-7H,8,15H2,1-4H3. The van der Waals surface area contributed by atoms with Gasteiger partial charge in [0.2, 0.25) is 0 Å². The van der Waals surface area contributed by atoms with Crippen molar-refractivity contribution in [2.24, 2.45) is 12.8 Å². The second-order valence-electron chi connectivity index (χ2n) is 4.57. The van der Waals surface area contributed by atoms with Crippen molar-refractivity contribution < 1.29 is 0 Å². The van der Waals surface area contributed by atoms with Gasteiger partial charge in [-0.3, -0.25) is 4.68 Å². The van der Waals surface area contributed by atoms with Crippen molar-refractivity contribution in [3.05, 3.63) is 40.6 Å². The van der Waals surface area contributed by atoms with E-state index in [1.165, 1.54) is 16.0 Å². The molecule has 1 heterocycles. The number of nitrogens with two attached hydrogens (primary N) is 1. The Labute approximate surface area is 112 Å². The Balaban J connectivity index is 2.39. The van der Waals surface area contributed by atoms with Crippen LogP contribution in [0.5, 0.6) is 0 Å². The predicted octanol–water partition coefficient (Wildman–Crippen LogP) is 2.96. The maximum atomic E-state index is 5.81. The van der Waals surface area contributed by atoms with Gasteiger partial charge in [0.1, 0.15) is 5.03 Å². The second kappa shape index (κ2) is 5.16. The summed E-state index contributed by atoms with van der Waals surface area (Å²) < 4.78 is 1.92. The van der Waals surface area contributed by atoms with Crippen LogP contribution in [0.25, 0.3) is 0 Å². The molecule has 3 nitrogen and oxygen atoms in total. The second-order valence-corrected chi connectivity index (χ2v) is 5.60. The molecular formula is C14H19N3S. The van der Waals surface area contributed by atoms with Gasteiger partial charge in [0, 0.05) is 24.1 Å². The Bertz CT molecular complexity index is 573. The highest BCUT2D eigenvalue weighted by Gasteiger charge is 2.13. The molecule has 0 atom stereocenters. The monoisotopic (exact) mass is 261 g/mol. The Morgan fingerprint density at radius 1 is 1.28 bits per heavy atom. The van der Waals surface area contributed by atoms with E-state index in [0.29, 0.717) is 6.54 Å². The summed E-state index contributed by atoms with van der Waals surface area (Å²) in [5, 5.41) is 5.58. The molecular weight excluding hydrogens is 242 g/mol. The fourth-order valence-electron chi connectivity index (χ4n) is 2.06. The lowest BCUT2D eigenvalue weighted by atomic mass is 10.2. The highest BCUT2D eigenvalue weighted by Crippen LogP contribution is 2.33. The van der Waals surface area contributed by atoms with Gasteiger partial charge in [-0.05, 0) is 32.4 Å². The summed E-state index contributed by atoms with van der Waals surface area (Å²) in [6.07, 6.45) is 0. The van der Waals surface area contributed by atoms with Crippen LogP contribution in [0.2, 0.25) is 0 Å². The lowest BCUT2D eigenvalue weighted by Crippen LogP contribution is -2.00. The lowest BCUT2D eigenvalue weighted by molar-refractivity contribution is 0.688. The lowest BCUT2D eigenvalue weighted by Gasteiger charge is -2.08. The van der Waals surface area contributed by atoms with E-state index in [9.17, 15) is 0 Å². The van der Waals surface area contributed by atoms with Gasteiger partial charge in [0.05, 0.1) is 5.69 Å². The number of rotatable bonds is 3. The van der Waals surface area contributed by atoms with E-state index in [1.807, 2.05) is 18.7 Å². The highest BCUT2D eigenvalue weighted by atomic mass is 32.2. The smallest absolute Gasteiger partial charge is 0.103 e. The summed E-state index contributed by atoms with van der Waals surface area (Å²) in [5.41, 5.74) is 10.6. The van der Waals surface area contributed by atoms with Crippen molar-refractivity contribution >= 4 is 11.8 Å². The Morgan fingerprint density at radius 2 is 2.00 bits per heavy atom. The Hall–Kier alpha value is -1.26. The van der Waals surface area contributed by atoms with E-state index >= 15 is 0 Å². The van der Waals surface area contributed by atoms with Crippen molar-refractivity contribution in [1.29, 1.82) is 0 Å². The minimum atomic E-state index is 0.535. The molecule has 4 heteroatoms. The SMILES string of the molecule is Cc1ccc(Sc2c(CN)c(C)nn2C)c(C)c1. The summed E-state index contributed by atoms with van der Waals surface area (Å²) in [5.74, 6) is 0. The van der Waals surface area contributed by atoms with E-state index < -0.39 is 0 Å². The average Bonchev–Trinajstić information content (AvgIpc) is 2.57. The minimum Gasteiger partial charge on any atom is -0.326 e. The first kappa shape index (κ1) is 13.2. The van der Waals surface area contributed by atoms with Crippen LogP contribution >= 0.6 is 11.8 Å². The van der Waals surface area contributed by atoms with E-state index in [0.717, 1.165) is 16.3 Å². The number of hydrogen-bond donors (Lipinski definition) is 1. The van der Waals surface area contributed by atoms with Crippen LogP contribution in [-0.4, -0.2) is 9.78 Å². The first-order chi connectivity index (χ1) is 8.52. The summed E-state index contributed by atoms with van der Waals surface area (Å²) in [7, 11) is 1.97. The number of benzene rings is 1. The average molecular weight is 261 g/mol. The summed E-state index contributed by atoms with van der Waals surface area (Å²) in [4.78, 5) is 1.26. The zero-order valence-electron chi connectivity index (χ0n) is 11.3. The van der Waals surface area contributed by atoms with E-state index in [-0.39, 0.29) is 0 Å². The first-order valence-corrected chi connectivity index (χ1v) is 6.82. The minimum absolute atomic E-state index is 0.535. The highest BCUT2D eigenvalue weighted by molar-refractivity contribution is 7.99. The molecule has 0 aliphatic rings. The van der Waals surface area contributed by atoms with E-state index in [4.69, 9.17) is 5.73 Å². The summed E-state index contributed by atoms with van der Waals surface area (Å²) in [6, 6.07) is 6.51. The molecule has 2 N–H and O–H groups in total. The van der Waals surface area contributed by atoms with Crippen LogP contribution in [0.4, 0.5) is 0 Å². The Morgan fingerprint density at radius 3 is 2.61 bits per heavy atom. The molecule has 1 aromatic heterocycles. The van der Waals surface area contributed by atoms with Gasteiger partial charge in [-0.1, -0.05) is 29.5 Å². The molecule has 0 saturated heterocycles. The van der Waals surface area contributed by atoms with Crippen LogP contribution in [0.1, 0.15) is 22.4 Å². The molecule has 0 aliphatic heterocycles. The molecule has 0 bridgehead atoms. The summed E-state index contributed by atoms with van der Waals surface area (Å²) in [6.45, 7) is 6.79. The number of aryl methyl sites for hydroxylation is 4. The van der Waals surface area contributed by atoms with E-state index in [1.54, 1.807) is 11.8 Å². The van der Waals surface area contributed by atoms with Gasteiger partial charge in [-0.2, -0.15) is 5.10 Å². The molecule has 0 radical (unpaired) electrons. The molecule has 0 aliphatic carbocycles. The molecule has 2 rings (SSSR count). The molecule has 96 valence electrons. The van der Waals surface area contributed by atoms with Crippen molar-refractivity contribution in [2.75, 3.05) is 0 Å². The van der Waals surface area contributed by atoms with Crippen LogP contribution in [0, 0.1) is 20.8 Å². The zero-order valence-corrected chi connectivity index (χ0v) is 12.1. The van der Waals surface area contributed by atoms with Gasteiger partial charge in [-0.15, -0.1) is 0 Å². The Kier molecular flexibility index (Phi) is 3.78. The van der Waals surface area contributed by atoms with Gasteiger partial charge in [0.15, 0.2) is 0 Å². The van der Waals surface area contributed by atoms with Gasteiger partial charge in [0.25, 0.3) is 0 Å². The van der Waals surface area contributed by atoms with Crippen LogP contribution in [-0.2, 0) is 13.6 Å². The zero-order chi connectivity index (χ0) is 13.3. The molecule has 0 unspecified atom stereocenters. The maximum absolute atomic E-state index is 5.81. The van der Waals surface area contributed by atoms with Crippen molar-refractivity contribution in [1.82, 2.24) is 9.78 Å². The van der Waals surface area contributed by atoms with Gasteiger partial charge in [-0.25, -0.2) is 0 Å². The number of hydrogen-bond acceptors (Lipinski definition) is 3. The number of nitrogens with zero attached hydrogens (tertiary/aromatic N) is 2. The van der Waals surface area contributed by atoms with Crippen LogP contribution < -0.4 is 5.73 Å². The predicted molar refractivity (Wildman–Crippen MR) is 75.9 cm³/mol. The van der Waals surface area contributed by atoms with E-state index in [2.05, 4.69) is 37.1 Å². The van der Waals surface area contributed by atoms with Crippen molar-refractivity contribution in [3.8, 4) is 0 Å². The molecule has 0 saturated carbocycles. The maximum Gasteiger partial charge on any atom is 0.103 e. The molecule has 1 aromatic carbocycles. The van der Waals surface area contributed by atoms with Crippen molar-refractivity contribution in [2.45, 2.75) is 37.2 Å². The molecule has 0 spiro atoms. The van der Waals surface area contributed by atoms with Crippen molar-refractivity contribution in [3.63, 3.8) is 0 Å². The largest absolute Gasteiger partial charge is 0.326 e. The fourth-order valence-corrected chi connectivity index (χ4v) is 3.15. The summed E-state index contributed by atoms with van der Waals surface area (Å²) >= 11 is 1.74. The third-order valence-corrected chi connectivity index (χ3v) is 4.41. The first-order valence-electron chi connectivity index (χ1n) is 6.00. The molecule has 2 aromatic rings. The quantitative estimate of drug-likeness (QED) is 0.924. The number of aromatic nitrogens is 2. The fraction of sp³-hybridized carbons (Fsp3) is 0.357. The normalized spacial score (nSPS) is 10.9. The van der Waals surface area contributed by atoms with Gasteiger partial charge < -0.3 is 5.73 Å². The molecule has 18 heavy (non-hydrogen) atoms. The van der Waals surface area contributed by atoms with Crippen LogP contribution in [0.15, 0.2) is 28.1 Å². The molecule has 0 fully saturated rings. The van der Waals surface area contributed by atoms with Crippen LogP contribution in [0.3, 0.4) is 0 Å². The third-order valence-electron chi connectivity index (χ3n) is 3.03.